The van der Waals surface area contributed by atoms with E-state index >= 15 is 0 Å². The van der Waals surface area contributed by atoms with Crippen LogP contribution in [0.25, 0.3) is 0 Å². The molecular weight excluding hydrogens is 749 g/mol. The van der Waals surface area contributed by atoms with Gasteiger partial charge in [-0.15, -0.1) is 0 Å². The van der Waals surface area contributed by atoms with Crippen LogP contribution in [0.3, 0.4) is 0 Å². The number of unbranched alkanes of at least 4 members (excludes halogenated alkanes) is 45. The molecule has 0 spiro atoms. The predicted octanol–water partition coefficient (Wildman–Crippen LogP) is 12.5. The topological polar surface area (TPSA) is 152 Å². The average molecular weight is 870 g/mol. The van der Waals surface area contributed by atoms with Gasteiger partial charge in [0.2, 0.25) is 0 Å². The highest BCUT2D eigenvalue weighted by molar-refractivity contribution is 6.24. The molecule has 0 aromatic rings. The summed E-state index contributed by atoms with van der Waals surface area (Å²) in [6, 6.07) is 0. The van der Waals surface area contributed by atoms with E-state index in [0.717, 1.165) is 19.6 Å². The second-order valence-corrected chi connectivity index (χ2v) is 18.8. The summed E-state index contributed by atoms with van der Waals surface area (Å²) >= 11 is 0. The highest BCUT2D eigenvalue weighted by atomic mass is 16.5. The molecule has 0 aromatic heterocycles. The first-order chi connectivity index (χ1) is 30.0. The van der Waals surface area contributed by atoms with Crippen LogP contribution in [0.2, 0.25) is 0 Å². The molecule has 0 rings (SSSR count). The van der Waals surface area contributed by atoms with Crippen molar-refractivity contribution in [1.82, 2.24) is 0 Å². The molecule has 0 unspecified atom stereocenters. The van der Waals surface area contributed by atoms with Crippen LogP contribution in [0.5, 0.6) is 0 Å². The minimum atomic E-state index is -2.92. The maximum atomic E-state index is 8.42. The van der Waals surface area contributed by atoms with Crippen LogP contribution in [0, 0.1) is 0 Å². The highest BCUT2D eigenvalue weighted by Gasteiger charge is 1.97. The third kappa shape index (κ3) is 87.5. The zero-order valence-corrected chi connectivity index (χ0v) is 43.0. The van der Waals surface area contributed by atoms with Gasteiger partial charge >= 0.3 is 0 Å². The molecule has 0 aliphatic carbocycles. The molecule has 0 amide bonds. The largest absolute Gasteiger partial charge is 0.907 e. The van der Waals surface area contributed by atoms with E-state index < -0.39 is 7.32 Å². The Morgan fingerprint density at radius 1 is 0.197 bits per heavy atom. The summed E-state index contributed by atoms with van der Waals surface area (Å²) in [5, 5.41) is 25.2. The predicted molar refractivity (Wildman–Crippen MR) is 268 cm³/mol. The fourth-order valence-corrected chi connectivity index (χ4v) is 8.17. The second-order valence-electron chi connectivity index (χ2n) is 18.8. The van der Waals surface area contributed by atoms with Gasteiger partial charge in [-0.25, -0.2) is 0 Å². The van der Waals surface area contributed by atoms with E-state index in [1.165, 1.54) is 308 Å². The Bertz CT molecular complexity index is 529. The van der Waals surface area contributed by atoms with Crippen molar-refractivity contribution >= 4 is 7.32 Å². The van der Waals surface area contributed by atoms with Crippen LogP contribution in [-0.4, -0.2) is 27.0 Å². The molecule has 372 valence electrons. The Morgan fingerprint density at radius 2 is 0.279 bits per heavy atom. The van der Waals surface area contributed by atoms with E-state index in [2.05, 4.69) is 38.0 Å². The molecule has 7 heteroatoms. The SMILES string of the molecule is CCCCCCCCCCCCCCCCCC[NH3+].CCCCCCCCCCCCCCCCCC[NH3+].CCCCCCCCCCCCCCCCCC[NH3+].[O-]B([O-])[O-]. The Hall–Kier alpha value is -0.175. The highest BCUT2D eigenvalue weighted by Crippen LogP contribution is 2.16. The van der Waals surface area contributed by atoms with E-state index in [-0.39, 0.29) is 0 Å². The van der Waals surface area contributed by atoms with Crippen LogP contribution in [-0.2, 0) is 0 Å². The lowest BCUT2D eigenvalue weighted by atomic mass is 10.0. The molecule has 0 atom stereocenters. The van der Waals surface area contributed by atoms with Crippen molar-refractivity contribution in [2.45, 2.75) is 329 Å². The maximum Gasteiger partial charge on any atom is 0.0739 e. The van der Waals surface area contributed by atoms with Crippen molar-refractivity contribution in [1.29, 1.82) is 0 Å². The summed E-state index contributed by atoms with van der Waals surface area (Å²) in [5.74, 6) is 0. The second kappa shape index (κ2) is 71.5. The zero-order valence-electron chi connectivity index (χ0n) is 43.0. The summed E-state index contributed by atoms with van der Waals surface area (Å²) in [6.07, 6.45) is 69.6. The Labute approximate surface area is 386 Å². The first-order valence-corrected chi connectivity index (χ1v) is 28.3. The Balaban J connectivity index is -0.000000381. The minimum absolute atomic E-state index is 1.12. The van der Waals surface area contributed by atoms with Gasteiger partial charge in [-0.1, -0.05) is 290 Å². The van der Waals surface area contributed by atoms with E-state index in [1.54, 1.807) is 0 Å². The van der Waals surface area contributed by atoms with Crippen molar-refractivity contribution in [3.63, 3.8) is 0 Å². The third-order valence-corrected chi connectivity index (χ3v) is 12.3. The molecule has 0 aromatic carbocycles. The van der Waals surface area contributed by atoms with Gasteiger partial charge in [-0.2, -0.15) is 0 Å². The van der Waals surface area contributed by atoms with Crippen molar-refractivity contribution in [3.8, 4) is 0 Å². The van der Waals surface area contributed by atoms with Crippen LogP contribution >= 0.6 is 0 Å². The summed E-state index contributed by atoms with van der Waals surface area (Å²) in [6.45, 7) is 10.2. The van der Waals surface area contributed by atoms with Gasteiger partial charge in [-0.3, -0.25) is 7.32 Å². The van der Waals surface area contributed by atoms with E-state index in [1.807, 2.05) is 0 Å². The van der Waals surface area contributed by atoms with Crippen molar-refractivity contribution in [2.75, 3.05) is 19.6 Å². The van der Waals surface area contributed by atoms with Gasteiger partial charge in [0, 0.05) is 0 Å². The standard InChI is InChI=1S/3C18H39N.BO3/c3*1-2-3-4-5-6-7-8-9-10-11-12-13-14-15-16-17-18-19;2-1(3)4/h3*2-19H2,1H3;/q;;;-3/p+3. The first-order valence-electron chi connectivity index (χ1n) is 28.3. The van der Waals surface area contributed by atoms with Crippen LogP contribution in [0.1, 0.15) is 329 Å². The van der Waals surface area contributed by atoms with Gasteiger partial charge in [0.25, 0.3) is 0 Å². The summed E-state index contributed by atoms with van der Waals surface area (Å²) in [7, 11) is -2.92. The fourth-order valence-electron chi connectivity index (χ4n) is 8.17. The van der Waals surface area contributed by atoms with Gasteiger partial charge in [0.05, 0.1) is 19.6 Å². The molecule has 0 heterocycles. The lowest BCUT2D eigenvalue weighted by Crippen LogP contribution is -2.56. The van der Waals surface area contributed by atoms with Gasteiger partial charge in [-0.05, 0) is 38.5 Å². The summed E-state index contributed by atoms with van der Waals surface area (Å²) in [5.41, 5.74) is 11.7. The number of hydrogen-bond donors (Lipinski definition) is 3. The molecular formula is C54H120BN3O3. The van der Waals surface area contributed by atoms with Crippen LogP contribution < -0.4 is 32.3 Å². The van der Waals surface area contributed by atoms with Gasteiger partial charge in [0.1, 0.15) is 0 Å². The van der Waals surface area contributed by atoms with Gasteiger partial charge in [0.15, 0.2) is 0 Å². The molecule has 0 aliphatic heterocycles. The van der Waals surface area contributed by atoms with Crippen molar-refractivity contribution in [3.05, 3.63) is 0 Å². The smallest absolute Gasteiger partial charge is 0.0739 e. The van der Waals surface area contributed by atoms with E-state index in [9.17, 15) is 0 Å². The molecule has 0 saturated heterocycles. The first kappa shape index (κ1) is 67.4. The zero-order chi connectivity index (χ0) is 45.6. The fraction of sp³-hybridized carbons (Fsp3) is 1.00. The normalized spacial score (nSPS) is 10.8. The average Bonchev–Trinajstić information content (AvgIpc) is 3.25. The molecule has 0 aliphatic rings. The van der Waals surface area contributed by atoms with Crippen molar-refractivity contribution in [2.24, 2.45) is 0 Å². The van der Waals surface area contributed by atoms with Crippen LogP contribution in [0.15, 0.2) is 0 Å². The Kier molecular flexibility index (Phi) is 79.0. The quantitative estimate of drug-likeness (QED) is 0.0412. The lowest BCUT2D eigenvalue weighted by molar-refractivity contribution is -0.479. The third-order valence-electron chi connectivity index (χ3n) is 12.3. The number of rotatable bonds is 48. The van der Waals surface area contributed by atoms with Crippen molar-refractivity contribution < 1.29 is 32.3 Å². The summed E-state index contributed by atoms with van der Waals surface area (Å²) < 4.78 is 0. The molecule has 0 saturated carbocycles. The monoisotopic (exact) mass is 870 g/mol. The van der Waals surface area contributed by atoms with E-state index in [0.29, 0.717) is 0 Å². The van der Waals surface area contributed by atoms with E-state index in [4.69, 9.17) is 15.1 Å². The Morgan fingerprint density at radius 3 is 0.361 bits per heavy atom. The van der Waals surface area contributed by atoms with Gasteiger partial charge < -0.3 is 32.3 Å². The maximum absolute atomic E-state index is 8.42. The molecule has 9 N–H and O–H groups in total. The minimum Gasteiger partial charge on any atom is -0.907 e. The molecule has 61 heavy (non-hydrogen) atoms. The van der Waals surface area contributed by atoms with Crippen LogP contribution in [0.4, 0.5) is 0 Å². The molecule has 0 fully saturated rings. The molecule has 6 nitrogen and oxygen atoms in total. The lowest BCUT2D eigenvalue weighted by Gasteiger charge is -2.35. The molecule has 0 bridgehead atoms. The number of quaternary nitrogens is 3. The number of hydrogen-bond acceptors (Lipinski definition) is 3. The molecule has 0 radical (unpaired) electrons. The summed E-state index contributed by atoms with van der Waals surface area (Å²) in [4.78, 5) is 0.